The number of hydrogen-bond acceptors (Lipinski definition) is 3. The van der Waals surface area contributed by atoms with Gasteiger partial charge in [0.05, 0.1) is 22.3 Å². The second-order valence-corrected chi connectivity index (χ2v) is 7.38. The lowest BCUT2D eigenvalue weighted by Gasteiger charge is -2.14. The number of carbonyl (C=O) groups is 1. The van der Waals surface area contributed by atoms with Crippen molar-refractivity contribution in [1.29, 1.82) is 0 Å². The smallest absolute Gasteiger partial charge is 0.417 e. The first-order valence-electron chi connectivity index (χ1n) is 9.70. The fourth-order valence-electron chi connectivity index (χ4n) is 2.87. The number of aliphatic imine (C=N–C) groups is 1. The topological polar surface area (TPSA) is 50.7 Å². The monoisotopic (exact) mass is 460 g/mol. The number of carbonyl (C=O) groups excluding carboxylic acids is 1. The van der Waals surface area contributed by atoms with E-state index in [4.69, 9.17) is 16.3 Å². The maximum Gasteiger partial charge on any atom is 0.417 e. The highest BCUT2D eigenvalue weighted by molar-refractivity contribution is 6.31. The zero-order valence-electron chi connectivity index (χ0n) is 17.1. The molecule has 1 amide bonds. The molecule has 0 aliphatic rings. The van der Waals surface area contributed by atoms with Crippen LogP contribution < -0.4 is 10.1 Å². The molecule has 8 heteroatoms. The molecule has 32 heavy (non-hydrogen) atoms. The van der Waals surface area contributed by atoms with E-state index in [0.717, 1.165) is 17.7 Å². The minimum Gasteiger partial charge on any atom is -0.484 e. The van der Waals surface area contributed by atoms with Crippen LogP contribution in [0.25, 0.3) is 0 Å². The summed E-state index contributed by atoms with van der Waals surface area (Å²) in [5.41, 5.74) is 0.847. The molecule has 0 unspecified atom stereocenters. The number of halogens is 4. The fourth-order valence-corrected chi connectivity index (χ4v) is 3.09. The van der Waals surface area contributed by atoms with Crippen molar-refractivity contribution in [3.05, 3.63) is 94.5 Å². The Morgan fingerprint density at radius 1 is 1.09 bits per heavy atom. The summed E-state index contributed by atoms with van der Waals surface area (Å²) < 4.78 is 44.3. The molecular formula is C24H20ClF3N2O2. The molecule has 4 nitrogen and oxygen atoms in total. The number of nitrogens with one attached hydrogen (secondary N) is 1. The lowest BCUT2D eigenvalue weighted by atomic mass is 10.1. The number of ether oxygens (including phenoxy) is 1. The van der Waals surface area contributed by atoms with E-state index in [1.165, 1.54) is 12.3 Å². The quantitative estimate of drug-likeness (QED) is 0.417. The molecule has 0 heterocycles. The first kappa shape index (κ1) is 23.3. The van der Waals surface area contributed by atoms with Crippen LogP contribution in [0.3, 0.4) is 0 Å². The summed E-state index contributed by atoms with van der Waals surface area (Å²) in [6.07, 6.45) is -3.12. The van der Waals surface area contributed by atoms with E-state index >= 15 is 0 Å². The predicted octanol–water partition coefficient (Wildman–Crippen LogP) is 6.37. The molecule has 3 aromatic carbocycles. The Kier molecular flexibility index (Phi) is 7.53. The van der Waals surface area contributed by atoms with Gasteiger partial charge in [-0.05, 0) is 60.5 Å². The van der Waals surface area contributed by atoms with Crippen molar-refractivity contribution in [1.82, 2.24) is 5.32 Å². The maximum absolute atomic E-state index is 12.9. The number of amides is 1. The third kappa shape index (κ3) is 6.59. The van der Waals surface area contributed by atoms with Crippen molar-refractivity contribution in [3.8, 4) is 5.75 Å². The summed E-state index contributed by atoms with van der Waals surface area (Å²) in [5, 5.41) is 2.49. The van der Waals surface area contributed by atoms with Gasteiger partial charge >= 0.3 is 6.18 Å². The van der Waals surface area contributed by atoms with Crippen LogP contribution in [0, 0.1) is 0 Å². The van der Waals surface area contributed by atoms with Crippen LogP contribution in [0.1, 0.15) is 29.7 Å². The molecular weight excluding hydrogens is 441 g/mol. The molecule has 0 bridgehead atoms. The van der Waals surface area contributed by atoms with E-state index in [-0.39, 0.29) is 29.3 Å². The third-order valence-corrected chi connectivity index (χ3v) is 4.87. The average molecular weight is 461 g/mol. The highest BCUT2D eigenvalue weighted by Crippen LogP contribution is 2.36. The van der Waals surface area contributed by atoms with E-state index in [1.54, 1.807) is 24.3 Å². The van der Waals surface area contributed by atoms with Crippen LogP contribution in [0.2, 0.25) is 5.02 Å². The van der Waals surface area contributed by atoms with Crippen LogP contribution in [0.15, 0.2) is 77.8 Å². The zero-order chi connectivity index (χ0) is 23.1. The van der Waals surface area contributed by atoms with Gasteiger partial charge < -0.3 is 10.1 Å². The molecule has 0 aromatic heterocycles. The molecule has 1 atom stereocenters. The van der Waals surface area contributed by atoms with Crippen molar-refractivity contribution in [2.45, 2.75) is 19.1 Å². The maximum atomic E-state index is 12.9. The zero-order valence-corrected chi connectivity index (χ0v) is 17.8. The van der Waals surface area contributed by atoms with Gasteiger partial charge in [-0.3, -0.25) is 9.79 Å². The van der Waals surface area contributed by atoms with E-state index in [0.29, 0.717) is 11.3 Å². The van der Waals surface area contributed by atoms with Crippen LogP contribution in [0.5, 0.6) is 5.75 Å². The van der Waals surface area contributed by atoms with E-state index in [2.05, 4.69) is 10.3 Å². The lowest BCUT2D eigenvalue weighted by molar-refractivity contribution is -0.137. The highest BCUT2D eigenvalue weighted by Gasteiger charge is 2.33. The van der Waals surface area contributed by atoms with Crippen LogP contribution in [-0.2, 0) is 11.0 Å². The molecule has 0 saturated carbocycles. The van der Waals surface area contributed by atoms with Crippen molar-refractivity contribution in [2.75, 3.05) is 6.61 Å². The fraction of sp³-hybridized carbons (Fsp3) is 0.167. The summed E-state index contributed by atoms with van der Waals surface area (Å²) in [5.74, 6) is 0.228. The Bertz CT molecular complexity index is 1080. The number of benzene rings is 3. The highest BCUT2D eigenvalue weighted by atomic mass is 35.5. The number of hydrogen-bond donors (Lipinski definition) is 1. The Hall–Kier alpha value is -3.32. The van der Waals surface area contributed by atoms with Gasteiger partial charge in [0.1, 0.15) is 5.75 Å². The largest absolute Gasteiger partial charge is 0.484 e. The Balaban J connectivity index is 1.54. The molecule has 3 aromatic rings. The molecule has 1 N–H and O–H groups in total. The van der Waals surface area contributed by atoms with E-state index in [1.807, 2.05) is 37.3 Å². The number of alkyl halides is 3. The summed E-state index contributed by atoms with van der Waals surface area (Å²) in [4.78, 5) is 16.2. The Labute approximate surface area is 188 Å². The minimum atomic E-state index is -4.55. The molecule has 0 aliphatic heterocycles. The summed E-state index contributed by atoms with van der Waals surface area (Å²) in [6.45, 7) is 1.75. The molecule has 0 aliphatic carbocycles. The average Bonchev–Trinajstić information content (AvgIpc) is 2.77. The Morgan fingerprint density at radius 2 is 1.78 bits per heavy atom. The predicted molar refractivity (Wildman–Crippen MR) is 119 cm³/mol. The third-order valence-electron chi connectivity index (χ3n) is 4.55. The molecule has 0 saturated heterocycles. The van der Waals surface area contributed by atoms with Crippen molar-refractivity contribution < 1.29 is 22.7 Å². The van der Waals surface area contributed by atoms with Gasteiger partial charge in [0.2, 0.25) is 0 Å². The summed E-state index contributed by atoms with van der Waals surface area (Å²) >= 11 is 5.61. The standard InChI is InChI=1S/C24H20ClF3N2O2/c1-16(18-5-3-2-4-6-18)30-23(31)15-32-20-10-7-17(8-11-20)14-29-19-9-12-22(25)21(13-19)24(26,27)28/h2-14,16H,15H2,1H3,(H,30,31)/t16-/m1/s1. The van der Waals surface area contributed by atoms with Crippen LogP contribution >= 0.6 is 11.6 Å². The van der Waals surface area contributed by atoms with E-state index < -0.39 is 11.7 Å². The van der Waals surface area contributed by atoms with Crippen molar-refractivity contribution in [2.24, 2.45) is 4.99 Å². The summed E-state index contributed by atoms with van der Waals surface area (Å²) in [7, 11) is 0. The van der Waals surface area contributed by atoms with Gasteiger partial charge in [-0.25, -0.2) is 0 Å². The molecule has 0 fully saturated rings. The van der Waals surface area contributed by atoms with Gasteiger partial charge in [0.25, 0.3) is 5.91 Å². The molecule has 0 spiro atoms. The lowest BCUT2D eigenvalue weighted by Crippen LogP contribution is -2.31. The van der Waals surface area contributed by atoms with Gasteiger partial charge in [-0.1, -0.05) is 41.9 Å². The molecule has 166 valence electrons. The normalized spacial score (nSPS) is 12.5. The first-order chi connectivity index (χ1) is 15.2. The second kappa shape index (κ2) is 10.3. The summed E-state index contributed by atoms with van der Waals surface area (Å²) in [6, 6.07) is 19.6. The van der Waals surface area contributed by atoms with Crippen molar-refractivity contribution >= 4 is 29.4 Å². The number of nitrogens with zero attached hydrogens (tertiary/aromatic N) is 1. The van der Waals surface area contributed by atoms with E-state index in [9.17, 15) is 18.0 Å². The van der Waals surface area contributed by atoms with Crippen molar-refractivity contribution in [3.63, 3.8) is 0 Å². The minimum absolute atomic E-state index is 0.131. The number of rotatable bonds is 7. The van der Waals surface area contributed by atoms with Gasteiger partial charge in [-0.15, -0.1) is 0 Å². The van der Waals surface area contributed by atoms with Gasteiger partial charge in [0, 0.05) is 6.21 Å². The second-order valence-electron chi connectivity index (χ2n) is 6.98. The van der Waals surface area contributed by atoms with Crippen LogP contribution in [0.4, 0.5) is 18.9 Å². The Morgan fingerprint density at radius 3 is 2.44 bits per heavy atom. The SMILES string of the molecule is C[C@@H](NC(=O)COc1ccc(C=Nc2ccc(Cl)c(C(F)(F)F)c2)cc1)c1ccccc1. The van der Waals surface area contributed by atoms with Crippen LogP contribution in [-0.4, -0.2) is 18.7 Å². The molecule has 0 radical (unpaired) electrons. The van der Waals surface area contributed by atoms with Gasteiger partial charge in [0.15, 0.2) is 6.61 Å². The molecule has 3 rings (SSSR count). The first-order valence-corrected chi connectivity index (χ1v) is 10.1. The van der Waals surface area contributed by atoms with Gasteiger partial charge in [-0.2, -0.15) is 13.2 Å².